The summed E-state index contributed by atoms with van der Waals surface area (Å²) in [7, 11) is 1.57. The van der Waals surface area contributed by atoms with Gasteiger partial charge in [0.05, 0.1) is 12.6 Å². The molecule has 0 spiro atoms. The Morgan fingerprint density at radius 3 is 3.00 bits per heavy atom. The molecule has 62 valence electrons. The zero-order valence-electron chi connectivity index (χ0n) is 6.40. The van der Waals surface area contributed by atoms with E-state index < -0.39 is 0 Å². The number of nitrogens with one attached hydrogen (secondary N) is 1. The highest BCUT2D eigenvalue weighted by Crippen LogP contribution is 2.14. The lowest BCUT2D eigenvalue weighted by Crippen LogP contribution is -1.86. The van der Waals surface area contributed by atoms with Crippen molar-refractivity contribution in [2.75, 3.05) is 7.11 Å². The number of fused-ring (bicyclic) bond motifs is 1. The fourth-order valence-corrected chi connectivity index (χ4v) is 1.19. The van der Waals surface area contributed by atoms with E-state index in [4.69, 9.17) is 4.74 Å². The van der Waals surface area contributed by atoms with Gasteiger partial charge in [-0.2, -0.15) is 4.98 Å². The quantitative estimate of drug-likeness (QED) is 0.651. The summed E-state index contributed by atoms with van der Waals surface area (Å²) in [6, 6.07) is 3.63. The Morgan fingerprint density at radius 2 is 2.25 bits per heavy atom. The summed E-state index contributed by atoms with van der Waals surface area (Å²) in [6.45, 7) is 0. The van der Waals surface area contributed by atoms with Gasteiger partial charge in [-0.25, -0.2) is 4.98 Å². The lowest BCUT2D eigenvalue weighted by Gasteiger charge is -1.95. The van der Waals surface area contributed by atoms with E-state index in [-0.39, 0.29) is 0 Å². The third-order valence-electron chi connectivity index (χ3n) is 1.52. The van der Waals surface area contributed by atoms with Crippen LogP contribution in [0.25, 0.3) is 11.2 Å². The lowest BCUT2D eigenvalue weighted by molar-refractivity contribution is 0.399. The van der Waals surface area contributed by atoms with Crippen molar-refractivity contribution in [1.82, 2.24) is 15.0 Å². The molecule has 2 aromatic rings. The van der Waals surface area contributed by atoms with Gasteiger partial charge in [0.1, 0.15) is 0 Å². The average molecular weight is 181 g/mol. The number of hydrogen-bond donors (Lipinski definition) is 2. The number of hydrogen-bond acceptors (Lipinski definition) is 4. The molecule has 0 aliphatic carbocycles. The van der Waals surface area contributed by atoms with E-state index in [1.807, 2.05) is 6.07 Å². The third kappa shape index (κ3) is 1.12. The van der Waals surface area contributed by atoms with Crippen LogP contribution >= 0.6 is 12.6 Å². The average Bonchev–Trinajstić information content (AvgIpc) is 2.43. The maximum absolute atomic E-state index is 4.94. The number of H-pyrrole nitrogens is 1. The molecule has 0 saturated heterocycles. The second kappa shape index (κ2) is 2.67. The van der Waals surface area contributed by atoms with Crippen LogP contribution < -0.4 is 4.74 Å². The number of aromatic amines is 1. The molecular formula is C7H7N3OS. The van der Waals surface area contributed by atoms with Gasteiger partial charge in [-0.1, -0.05) is 0 Å². The molecule has 0 atom stereocenters. The molecule has 0 bridgehead atoms. The molecular weight excluding hydrogens is 174 g/mol. The lowest BCUT2D eigenvalue weighted by atomic mass is 10.4. The SMILES string of the molecule is COc1ccc2[nH]c(S)nc2n1. The van der Waals surface area contributed by atoms with E-state index in [9.17, 15) is 0 Å². The minimum Gasteiger partial charge on any atom is -0.481 e. The zero-order valence-corrected chi connectivity index (χ0v) is 7.30. The van der Waals surface area contributed by atoms with Crippen LogP contribution in [0.5, 0.6) is 5.88 Å². The molecule has 2 rings (SSSR count). The normalized spacial score (nSPS) is 10.5. The van der Waals surface area contributed by atoms with E-state index in [0.29, 0.717) is 16.7 Å². The Bertz CT molecular complexity index is 412. The van der Waals surface area contributed by atoms with E-state index in [1.165, 1.54) is 0 Å². The molecule has 2 aromatic heterocycles. The first-order valence-corrected chi connectivity index (χ1v) is 3.84. The summed E-state index contributed by atoms with van der Waals surface area (Å²) in [5.74, 6) is 0.558. The highest BCUT2D eigenvalue weighted by atomic mass is 32.1. The molecule has 4 nitrogen and oxygen atoms in total. The van der Waals surface area contributed by atoms with E-state index >= 15 is 0 Å². The minimum absolute atomic E-state index is 0.558. The maximum atomic E-state index is 4.94. The number of ether oxygens (including phenoxy) is 1. The predicted molar refractivity (Wildman–Crippen MR) is 47.7 cm³/mol. The molecule has 2 heterocycles. The fourth-order valence-electron chi connectivity index (χ4n) is 0.976. The summed E-state index contributed by atoms with van der Waals surface area (Å²) >= 11 is 4.06. The fraction of sp³-hybridized carbons (Fsp3) is 0.143. The summed E-state index contributed by atoms with van der Waals surface area (Å²) in [5.41, 5.74) is 1.49. The molecule has 0 aliphatic rings. The van der Waals surface area contributed by atoms with Crippen LogP contribution in [0.15, 0.2) is 17.3 Å². The van der Waals surface area contributed by atoms with Crippen LogP contribution in [0.4, 0.5) is 0 Å². The van der Waals surface area contributed by atoms with Gasteiger partial charge in [-0.15, -0.1) is 12.6 Å². The molecule has 0 fully saturated rings. The van der Waals surface area contributed by atoms with E-state index in [1.54, 1.807) is 13.2 Å². The molecule has 12 heavy (non-hydrogen) atoms. The number of imidazole rings is 1. The Labute approximate surface area is 74.4 Å². The Kier molecular flexibility index (Phi) is 1.65. The molecule has 0 aliphatic heterocycles. The summed E-state index contributed by atoms with van der Waals surface area (Å²) in [6.07, 6.45) is 0. The Balaban J connectivity index is 2.66. The van der Waals surface area contributed by atoms with Crippen molar-refractivity contribution < 1.29 is 4.74 Å². The van der Waals surface area contributed by atoms with Crippen LogP contribution in [0.2, 0.25) is 0 Å². The van der Waals surface area contributed by atoms with E-state index in [2.05, 4.69) is 27.6 Å². The van der Waals surface area contributed by atoms with Crippen molar-refractivity contribution in [2.45, 2.75) is 5.16 Å². The van der Waals surface area contributed by atoms with Gasteiger partial charge in [-0.05, 0) is 6.07 Å². The summed E-state index contributed by atoms with van der Waals surface area (Å²) in [4.78, 5) is 11.1. The smallest absolute Gasteiger partial charge is 0.215 e. The number of pyridine rings is 1. The molecule has 0 amide bonds. The van der Waals surface area contributed by atoms with E-state index in [0.717, 1.165) is 5.52 Å². The molecule has 0 saturated carbocycles. The number of thiol groups is 1. The highest BCUT2D eigenvalue weighted by Gasteiger charge is 2.01. The Hall–Kier alpha value is -1.23. The summed E-state index contributed by atoms with van der Waals surface area (Å²) in [5, 5.41) is 0.561. The number of rotatable bonds is 1. The van der Waals surface area contributed by atoms with Gasteiger partial charge in [0.2, 0.25) is 5.88 Å². The first kappa shape index (κ1) is 7.42. The van der Waals surface area contributed by atoms with Gasteiger partial charge in [0, 0.05) is 6.07 Å². The largest absolute Gasteiger partial charge is 0.481 e. The van der Waals surface area contributed by atoms with Crippen molar-refractivity contribution in [3.05, 3.63) is 12.1 Å². The van der Waals surface area contributed by atoms with Crippen molar-refractivity contribution in [1.29, 1.82) is 0 Å². The van der Waals surface area contributed by atoms with Crippen molar-refractivity contribution >= 4 is 23.8 Å². The second-order valence-electron chi connectivity index (χ2n) is 2.29. The van der Waals surface area contributed by atoms with Crippen molar-refractivity contribution in [3.63, 3.8) is 0 Å². The van der Waals surface area contributed by atoms with Crippen LogP contribution in [0.3, 0.4) is 0 Å². The highest BCUT2D eigenvalue weighted by molar-refractivity contribution is 7.80. The molecule has 0 radical (unpaired) electrons. The van der Waals surface area contributed by atoms with Gasteiger partial charge >= 0.3 is 0 Å². The number of methoxy groups -OCH3 is 1. The first-order valence-electron chi connectivity index (χ1n) is 3.39. The van der Waals surface area contributed by atoms with Gasteiger partial charge in [0.25, 0.3) is 0 Å². The minimum atomic E-state index is 0.558. The maximum Gasteiger partial charge on any atom is 0.215 e. The number of aromatic nitrogens is 3. The molecule has 5 heteroatoms. The number of nitrogens with zero attached hydrogens (tertiary/aromatic N) is 2. The molecule has 1 N–H and O–H groups in total. The van der Waals surface area contributed by atoms with Gasteiger partial charge in [0.15, 0.2) is 10.8 Å². The van der Waals surface area contributed by atoms with Gasteiger partial charge < -0.3 is 9.72 Å². The standard InChI is InChI=1S/C7H7N3OS/c1-11-5-3-2-4-6(9-5)10-7(12)8-4/h2-3H,1H3,(H2,8,9,10,12). The van der Waals surface area contributed by atoms with Crippen LogP contribution in [-0.4, -0.2) is 22.1 Å². The topological polar surface area (TPSA) is 50.8 Å². The predicted octanol–water partition coefficient (Wildman–Crippen LogP) is 1.26. The summed E-state index contributed by atoms with van der Waals surface area (Å²) < 4.78 is 4.94. The third-order valence-corrected chi connectivity index (χ3v) is 1.73. The van der Waals surface area contributed by atoms with Crippen LogP contribution in [0, 0.1) is 0 Å². The van der Waals surface area contributed by atoms with Crippen molar-refractivity contribution in [2.24, 2.45) is 0 Å². The second-order valence-corrected chi connectivity index (χ2v) is 2.71. The first-order chi connectivity index (χ1) is 5.79. The Morgan fingerprint density at radius 1 is 1.42 bits per heavy atom. The van der Waals surface area contributed by atoms with Gasteiger partial charge in [-0.3, -0.25) is 0 Å². The van der Waals surface area contributed by atoms with Crippen LogP contribution in [0.1, 0.15) is 0 Å². The molecule has 0 unspecified atom stereocenters. The monoisotopic (exact) mass is 181 g/mol. The zero-order chi connectivity index (χ0) is 8.55. The van der Waals surface area contributed by atoms with Crippen LogP contribution in [-0.2, 0) is 0 Å². The van der Waals surface area contributed by atoms with Crippen molar-refractivity contribution in [3.8, 4) is 5.88 Å². The molecule has 0 aromatic carbocycles.